The fourth-order valence-corrected chi connectivity index (χ4v) is 1.73. The molecule has 0 aromatic carbocycles. The second-order valence-electron chi connectivity index (χ2n) is 4.36. The predicted octanol–water partition coefficient (Wildman–Crippen LogP) is 1.91. The van der Waals surface area contributed by atoms with Crippen LogP contribution in [0, 0.1) is 0 Å². The zero-order valence-corrected chi connectivity index (χ0v) is 10.7. The normalized spacial score (nSPS) is 26.9. The van der Waals surface area contributed by atoms with E-state index in [-0.39, 0.29) is 12.2 Å². The Balaban J connectivity index is 2.40. The molecular weight excluding hydrogens is 220 g/mol. The third kappa shape index (κ3) is 5.00. The summed E-state index contributed by atoms with van der Waals surface area (Å²) in [5, 5.41) is 0. The van der Waals surface area contributed by atoms with Gasteiger partial charge in [-0.1, -0.05) is 12.2 Å². The van der Waals surface area contributed by atoms with Gasteiger partial charge in [0.1, 0.15) is 12.2 Å². The first kappa shape index (κ1) is 14.4. The van der Waals surface area contributed by atoms with Crippen molar-refractivity contribution in [2.45, 2.75) is 31.8 Å². The Bertz CT molecular complexity index is 226. The van der Waals surface area contributed by atoms with E-state index in [1.54, 1.807) is 12.2 Å². The minimum Gasteiger partial charge on any atom is -0.375 e. The van der Waals surface area contributed by atoms with E-state index in [4.69, 9.17) is 18.9 Å². The summed E-state index contributed by atoms with van der Waals surface area (Å²) in [5.41, 5.74) is 0. The van der Waals surface area contributed by atoms with Crippen molar-refractivity contribution in [2.75, 3.05) is 26.4 Å². The highest BCUT2D eigenvalue weighted by molar-refractivity contribution is 4.82. The molecule has 1 saturated heterocycles. The summed E-state index contributed by atoms with van der Waals surface area (Å²) >= 11 is 0. The molecule has 0 N–H and O–H groups in total. The molecule has 1 rings (SSSR count). The van der Waals surface area contributed by atoms with Crippen molar-refractivity contribution in [1.82, 2.24) is 0 Å². The summed E-state index contributed by atoms with van der Waals surface area (Å²) in [6.45, 7) is 13.0. The zero-order chi connectivity index (χ0) is 12.7. The molecule has 2 atom stereocenters. The largest absolute Gasteiger partial charge is 0.375 e. The van der Waals surface area contributed by atoms with Gasteiger partial charge in [0, 0.05) is 0 Å². The molecular formula is C13H22O4. The fraction of sp³-hybridized carbons (Fsp3) is 0.692. The van der Waals surface area contributed by atoms with Crippen LogP contribution in [0.15, 0.2) is 25.3 Å². The first-order valence-corrected chi connectivity index (χ1v) is 5.82. The van der Waals surface area contributed by atoms with Crippen LogP contribution < -0.4 is 0 Å². The molecule has 0 amide bonds. The van der Waals surface area contributed by atoms with E-state index in [0.29, 0.717) is 26.4 Å². The molecule has 1 aliphatic heterocycles. The molecule has 0 aromatic heterocycles. The Hall–Kier alpha value is -0.680. The van der Waals surface area contributed by atoms with Gasteiger partial charge in [-0.25, -0.2) is 0 Å². The average molecular weight is 242 g/mol. The van der Waals surface area contributed by atoms with Gasteiger partial charge in [0.05, 0.1) is 26.4 Å². The molecule has 0 aliphatic carbocycles. The van der Waals surface area contributed by atoms with E-state index in [1.165, 1.54) is 0 Å². The van der Waals surface area contributed by atoms with Gasteiger partial charge in [-0.3, -0.25) is 0 Å². The third-order valence-corrected chi connectivity index (χ3v) is 2.32. The standard InChI is InChI=1S/C13H22O4/c1-5-7-14-9-11-12(10-15-8-6-2)17-13(3,4)16-11/h5-6,11-12H,1-2,7-10H2,3-4H3/t11-,12-/m1/s1. The third-order valence-electron chi connectivity index (χ3n) is 2.32. The Morgan fingerprint density at radius 2 is 1.41 bits per heavy atom. The average Bonchev–Trinajstić information content (AvgIpc) is 2.54. The Morgan fingerprint density at radius 3 is 1.76 bits per heavy atom. The van der Waals surface area contributed by atoms with Gasteiger partial charge in [-0.15, -0.1) is 13.2 Å². The first-order valence-electron chi connectivity index (χ1n) is 5.82. The fourth-order valence-electron chi connectivity index (χ4n) is 1.73. The van der Waals surface area contributed by atoms with Crippen molar-refractivity contribution in [3.8, 4) is 0 Å². The summed E-state index contributed by atoms with van der Waals surface area (Å²) < 4.78 is 22.3. The molecule has 98 valence electrons. The van der Waals surface area contributed by atoms with Crippen molar-refractivity contribution in [2.24, 2.45) is 0 Å². The van der Waals surface area contributed by atoms with Crippen LogP contribution in [0.4, 0.5) is 0 Å². The van der Waals surface area contributed by atoms with Gasteiger partial charge in [0.25, 0.3) is 0 Å². The molecule has 0 unspecified atom stereocenters. The van der Waals surface area contributed by atoms with Crippen LogP contribution in [-0.4, -0.2) is 44.4 Å². The molecule has 0 radical (unpaired) electrons. The number of rotatable bonds is 8. The second kappa shape index (κ2) is 6.91. The summed E-state index contributed by atoms with van der Waals surface area (Å²) in [7, 11) is 0. The maximum absolute atomic E-state index is 5.75. The van der Waals surface area contributed by atoms with Crippen LogP contribution in [0.25, 0.3) is 0 Å². The monoisotopic (exact) mass is 242 g/mol. The maximum Gasteiger partial charge on any atom is 0.163 e. The van der Waals surface area contributed by atoms with Crippen LogP contribution in [0.5, 0.6) is 0 Å². The molecule has 0 saturated carbocycles. The Labute approximate surface area is 103 Å². The first-order chi connectivity index (χ1) is 8.09. The smallest absolute Gasteiger partial charge is 0.163 e. The summed E-state index contributed by atoms with van der Waals surface area (Å²) in [5.74, 6) is -0.579. The van der Waals surface area contributed by atoms with Crippen molar-refractivity contribution in [3.63, 3.8) is 0 Å². The highest BCUT2D eigenvalue weighted by atomic mass is 16.8. The molecule has 0 bridgehead atoms. The topological polar surface area (TPSA) is 36.9 Å². The van der Waals surface area contributed by atoms with E-state index >= 15 is 0 Å². The predicted molar refractivity (Wildman–Crippen MR) is 65.9 cm³/mol. The second-order valence-corrected chi connectivity index (χ2v) is 4.36. The molecule has 1 heterocycles. The van der Waals surface area contributed by atoms with Crippen LogP contribution in [0.3, 0.4) is 0 Å². The molecule has 0 spiro atoms. The lowest BCUT2D eigenvalue weighted by Crippen LogP contribution is -2.31. The van der Waals surface area contributed by atoms with Gasteiger partial charge in [-0.05, 0) is 13.8 Å². The van der Waals surface area contributed by atoms with Gasteiger partial charge in [0.15, 0.2) is 5.79 Å². The van der Waals surface area contributed by atoms with Crippen molar-refractivity contribution >= 4 is 0 Å². The number of ether oxygens (including phenoxy) is 4. The van der Waals surface area contributed by atoms with Crippen molar-refractivity contribution < 1.29 is 18.9 Å². The number of hydrogen-bond donors (Lipinski definition) is 0. The molecule has 4 heteroatoms. The van der Waals surface area contributed by atoms with Gasteiger partial charge in [-0.2, -0.15) is 0 Å². The van der Waals surface area contributed by atoms with E-state index < -0.39 is 5.79 Å². The van der Waals surface area contributed by atoms with Crippen LogP contribution in [0.2, 0.25) is 0 Å². The van der Waals surface area contributed by atoms with Crippen molar-refractivity contribution in [3.05, 3.63) is 25.3 Å². The summed E-state index contributed by atoms with van der Waals surface area (Å²) in [6.07, 6.45) is 3.22. The molecule has 17 heavy (non-hydrogen) atoms. The van der Waals surface area contributed by atoms with Crippen LogP contribution >= 0.6 is 0 Å². The SMILES string of the molecule is C=CCOC[C@H]1OC(C)(C)O[C@@H]1COCC=C. The lowest BCUT2D eigenvalue weighted by Gasteiger charge is -2.16. The van der Waals surface area contributed by atoms with Crippen LogP contribution in [0.1, 0.15) is 13.8 Å². The molecule has 0 aromatic rings. The lowest BCUT2D eigenvalue weighted by atomic mass is 10.2. The maximum atomic E-state index is 5.75. The quantitative estimate of drug-likeness (QED) is 0.481. The summed E-state index contributed by atoms with van der Waals surface area (Å²) in [4.78, 5) is 0. The Morgan fingerprint density at radius 1 is 1.00 bits per heavy atom. The summed E-state index contributed by atoms with van der Waals surface area (Å²) in [6, 6.07) is 0. The van der Waals surface area contributed by atoms with Gasteiger partial charge >= 0.3 is 0 Å². The molecule has 1 fully saturated rings. The van der Waals surface area contributed by atoms with E-state index in [9.17, 15) is 0 Å². The Kier molecular flexibility index (Phi) is 5.85. The van der Waals surface area contributed by atoms with E-state index in [2.05, 4.69) is 13.2 Å². The number of hydrogen-bond acceptors (Lipinski definition) is 4. The van der Waals surface area contributed by atoms with Crippen LogP contribution in [-0.2, 0) is 18.9 Å². The van der Waals surface area contributed by atoms with Gasteiger partial charge < -0.3 is 18.9 Å². The minimum atomic E-state index is -0.579. The lowest BCUT2D eigenvalue weighted by molar-refractivity contribution is -0.153. The highest BCUT2D eigenvalue weighted by Gasteiger charge is 2.41. The van der Waals surface area contributed by atoms with Crippen molar-refractivity contribution in [1.29, 1.82) is 0 Å². The van der Waals surface area contributed by atoms with E-state index in [1.807, 2.05) is 13.8 Å². The minimum absolute atomic E-state index is 0.102. The highest BCUT2D eigenvalue weighted by Crippen LogP contribution is 2.28. The molecule has 1 aliphatic rings. The van der Waals surface area contributed by atoms with Gasteiger partial charge in [0.2, 0.25) is 0 Å². The molecule has 4 nitrogen and oxygen atoms in total. The zero-order valence-electron chi connectivity index (χ0n) is 10.7. The van der Waals surface area contributed by atoms with E-state index in [0.717, 1.165) is 0 Å².